The van der Waals surface area contributed by atoms with Crippen molar-refractivity contribution >= 4 is 17.5 Å². The third-order valence-corrected chi connectivity index (χ3v) is 2.47. The normalized spacial score (nSPS) is 10.1. The Bertz CT molecular complexity index is 426. The molecule has 0 aliphatic heterocycles. The van der Waals surface area contributed by atoms with Crippen LogP contribution < -0.4 is 16.4 Å². The van der Waals surface area contributed by atoms with Crippen LogP contribution in [0.1, 0.15) is 30.3 Å². The van der Waals surface area contributed by atoms with Gasteiger partial charge in [0.1, 0.15) is 5.69 Å². The molecule has 18 heavy (non-hydrogen) atoms. The van der Waals surface area contributed by atoms with Gasteiger partial charge in [0.2, 0.25) is 5.91 Å². The first-order valence-electron chi connectivity index (χ1n) is 6.01. The molecule has 0 saturated carbocycles. The van der Waals surface area contributed by atoms with Gasteiger partial charge in [-0.1, -0.05) is 6.92 Å². The average molecular weight is 252 g/mol. The lowest BCUT2D eigenvalue weighted by atomic mass is 10.3. The molecule has 0 radical (unpaired) electrons. The molecule has 100 valence electrons. The van der Waals surface area contributed by atoms with E-state index in [1.165, 1.54) is 0 Å². The molecule has 0 bridgehead atoms. The lowest BCUT2D eigenvalue weighted by Gasteiger charge is -2.06. The van der Waals surface area contributed by atoms with Crippen LogP contribution in [0.15, 0.2) is 12.3 Å². The summed E-state index contributed by atoms with van der Waals surface area (Å²) in [6.07, 6.45) is 2.86. The predicted molar refractivity (Wildman–Crippen MR) is 70.1 cm³/mol. The van der Waals surface area contributed by atoms with Crippen LogP contribution >= 0.6 is 0 Å². The number of carbonyl (C=O) groups excluding carboxylic acids is 2. The highest BCUT2D eigenvalue weighted by Gasteiger charge is 2.10. The Balaban J connectivity index is 2.34. The number of hydrogen-bond donors (Lipinski definition) is 3. The highest BCUT2D eigenvalue weighted by Crippen LogP contribution is 2.08. The lowest BCUT2D eigenvalue weighted by Crippen LogP contribution is -2.31. The molecule has 6 nitrogen and oxygen atoms in total. The summed E-state index contributed by atoms with van der Waals surface area (Å²) in [5.41, 5.74) is 6.62. The standard InChI is InChI=1S/C12H20N4O2/c1-3-5-14-11(17)4-6-15-12(18)10-7-9(13)8-16(10)2/h7-8H,3-6,13H2,1-2H3,(H,14,17)(H,15,18). The van der Waals surface area contributed by atoms with Crippen molar-refractivity contribution in [2.75, 3.05) is 18.8 Å². The van der Waals surface area contributed by atoms with Gasteiger partial charge in [0.15, 0.2) is 0 Å². The number of carbonyl (C=O) groups is 2. The molecule has 6 heteroatoms. The number of nitrogen functional groups attached to an aromatic ring is 1. The Labute approximate surface area is 107 Å². The van der Waals surface area contributed by atoms with Crippen LogP contribution in [0.5, 0.6) is 0 Å². The van der Waals surface area contributed by atoms with E-state index in [-0.39, 0.29) is 18.2 Å². The number of hydrogen-bond acceptors (Lipinski definition) is 3. The Kier molecular flexibility index (Phi) is 5.23. The minimum absolute atomic E-state index is 0.0523. The molecule has 0 spiro atoms. The van der Waals surface area contributed by atoms with E-state index in [2.05, 4.69) is 10.6 Å². The number of nitrogens with two attached hydrogens (primary N) is 1. The zero-order chi connectivity index (χ0) is 13.5. The lowest BCUT2D eigenvalue weighted by molar-refractivity contribution is -0.120. The molecule has 1 heterocycles. The Morgan fingerprint density at radius 2 is 2.06 bits per heavy atom. The predicted octanol–water partition coefficient (Wildman–Crippen LogP) is 0.253. The fraction of sp³-hybridized carbons (Fsp3) is 0.500. The van der Waals surface area contributed by atoms with Crippen LogP contribution in [0.25, 0.3) is 0 Å². The number of aryl methyl sites for hydroxylation is 1. The summed E-state index contributed by atoms with van der Waals surface area (Å²) in [4.78, 5) is 23.1. The van der Waals surface area contributed by atoms with Gasteiger partial charge in [-0.2, -0.15) is 0 Å². The number of nitrogens with zero attached hydrogens (tertiary/aromatic N) is 1. The number of nitrogens with one attached hydrogen (secondary N) is 2. The third-order valence-electron chi connectivity index (χ3n) is 2.47. The maximum Gasteiger partial charge on any atom is 0.267 e. The summed E-state index contributed by atoms with van der Waals surface area (Å²) >= 11 is 0. The SMILES string of the molecule is CCCNC(=O)CCNC(=O)c1cc(N)cn1C. The molecule has 0 fully saturated rings. The van der Waals surface area contributed by atoms with E-state index in [1.54, 1.807) is 23.9 Å². The van der Waals surface area contributed by atoms with E-state index < -0.39 is 0 Å². The molecule has 1 aromatic rings. The van der Waals surface area contributed by atoms with Gasteiger partial charge >= 0.3 is 0 Å². The third kappa shape index (κ3) is 4.12. The number of rotatable bonds is 6. The van der Waals surface area contributed by atoms with Gasteiger partial charge in [0.25, 0.3) is 5.91 Å². The fourth-order valence-electron chi connectivity index (χ4n) is 1.55. The first-order valence-corrected chi connectivity index (χ1v) is 6.01. The summed E-state index contributed by atoms with van der Waals surface area (Å²) in [7, 11) is 1.75. The molecule has 1 rings (SSSR count). The molecule has 1 aromatic heterocycles. The molecule has 4 N–H and O–H groups in total. The van der Waals surface area contributed by atoms with Crippen molar-refractivity contribution in [2.45, 2.75) is 19.8 Å². The van der Waals surface area contributed by atoms with Gasteiger partial charge < -0.3 is 20.9 Å². The fourth-order valence-corrected chi connectivity index (χ4v) is 1.55. The van der Waals surface area contributed by atoms with Crippen molar-refractivity contribution in [1.29, 1.82) is 0 Å². The summed E-state index contributed by atoms with van der Waals surface area (Å²) in [6, 6.07) is 1.60. The van der Waals surface area contributed by atoms with Crippen molar-refractivity contribution in [2.24, 2.45) is 7.05 Å². The van der Waals surface area contributed by atoms with Gasteiger partial charge in [0, 0.05) is 32.8 Å². The Morgan fingerprint density at radius 3 is 2.61 bits per heavy atom. The van der Waals surface area contributed by atoms with E-state index in [1.807, 2.05) is 6.92 Å². The molecular weight excluding hydrogens is 232 g/mol. The van der Waals surface area contributed by atoms with E-state index in [9.17, 15) is 9.59 Å². The molecule has 0 atom stereocenters. The summed E-state index contributed by atoms with van der Waals surface area (Å²) in [6.45, 7) is 2.97. The minimum Gasteiger partial charge on any atom is -0.397 e. The van der Waals surface area contributed by atoms with Crippen LogP contribution in [-0.4, -0.2) is 29.5 Å². The highest BCUT2D eigenvalue weighted by atomic mass is 16.2. The molecule has 0 unspecified atom stereocenters. The van der Waals surface area contributed by atoms with Crippen molar-refractivity contribution in [1.82, 2.24) is 15.2 Å². The van der Waals surface area contributed by atoms with E-state index in [4.69, 9.17) is 5.73 Å². The number of amides is 2. The molecule has 0 aliphatic carbocycles. The van der Waals surface area contributed by atoms with Crippen LogP contribution in [0, 0.1) is 0 Å². The van der Waals surface area contributed by atoms with Crippen LogP contribution in [-0.2, 0) is 11.8 Å². The topological polar surface area (TPSA) is 89.2 Å². The van der Waals surface area contributed by atoms with Gasteiger partial charge in [-0.05, 0) is 12.5 Å². The first kappa shape index (κ1) is 14.1. The second kappa shape index (κ2) is 6.68. The first-order chi connectivity index (χ1) is 8.54. The van der Waals surface area contributed by atoms with Crippen LogP contribution in [0.2, 0.25) is 0 Å². The van der Waals surface area contributed by atoms with Crippen LogP contribution in [0.4, 0.5) is 5.69 Å². The van der Waals surface area contributed by atoms with Crippen molar-refractivity contribution in [3.63, 3.8) is 0 Å². The van der Waals surface area contributed by atoms with Crippen molar-refractivity contribution in [3.05, 3.63) is 18.0 Å². The Morgan fingerprint density at radius 1 is 1.33 bits per heavy atom. The highest BCUT2D eigenvalue weighted by molar-refractivity contribution is 5.94. The maximum atomic E-state index is 11.8. The number of aromatic nitrogens is 1. The summed E-state index contributed by atoms with van der Waals surface area (Å²) in [5.74, 6) is -0.277. The zero-order valence-corrected chi connectivity index (χ0v) is 10.8. The largest absolute Gasteiger partial charge is 0.397 e. The molecule has 0 saturated heterocycles. The van der Waals surface area contributed by atoms with E-state index >= 15 is 0 Å². The Hall–Kier alpha value is -1.98. The van der Waals surface area contributed by atoms with Gasteiger partial charge in [-0.25, -0.2) is 0 Å². The molecule has 2 amide bonds. The van der Waals surface area contributed by atoms with Gasteiger partial charge in [0.05, 0.1) is 5.69 Å². The molecule has 0 aromatic carbocycles. The van der Waals surface area contributed by atoms with Gasteiger partial charge in [-0.3, -0.25) is 9.59 Å². The molecule has 0 aliphatic rings. The summed E-state index contributed by atoms with van der Waals surface area (Å²) in [5, 5.41) is 5.43. The van der Waals surface area contributed by atoms with Crippen LogP contribution in [0.3, 0.4) is 0 Å². The average Bonchev–Trinajstić information content (AvgIpc) is 2.65. The smallest absolute Gasteiger partial charge is 0.267 e. The second-order valence-corrected chi connectivity index (χ2v) is 4.13. The zero-order valence-electron chi connectivity index (χ0n) is 10.8. The summed E-state index contributed by atoms with van der Waals surface area (Å²) < 4.78 is 1.65. The number of anilines is 1. The van der Waals surface area contributed by atoms with Crippen molar-refractivity contribution in [3.8, 4) is 0 Å². The maximum absolute atomic E-state index is 11.8. The van der Waals surface area contributed by atoms with E-state index in [0.29, 0.717) is 24.5 Å². The second-order valence-electron chi connectivity index (χ2n) is 4.13. The van der Waals surface area contributed by atoms with E-state index in [0.717, 1.165) is 6.42 Å². The van der Waals surface area contributed by atoms with Crippen molar-refractivity contribution < 1.29 is 9.59 Å². The molecular formula is C12H20N4O2. The quantitative estimate of drug-likeness (QED) is 0.678. The monoisotopic (exact) mass is 252 g/mol. The van der Waals surface area contributed by atoms with Gasteiger partial charge in [-0.15, -0.1) is 0 Å². The minimum atomic E-state index is -0.225.